The van der Waals surface area contributed by atoms with E-state index in [0.717, 1.165) is 57.7 Å². The smallest absolute Gasteiger partial charge is 0.247 e. The molecule has 2 N–H and O–H groups in total. The average Bonchev–Trinajstić information content (AvgIpc) is 3.91. The second kappa shape index (κ2) is 21.2. The standard InChI is InChI=1S/C53H63ClN6O6/c1-8-34-13-16-38(49(26-34)66-41-22-17-37(18-23-41)47-29-55-50(60(47)7)31-57(3)4)27-44-33(2)51(63)56-46(32-61)53(65)59(6)40(25-35-14-20-39(54)21-15-35)30-58(5)52(64)45(28-48(44)62)43-24-19-36-11-9-10-12-42(36)43/h9-18,20-23,26,29,33,40,43-46,61H,8,19,24-25,27-28,30-32H2,1-7H3,(H,56,63)/t33-,40+,43-,44?,45+,46+/m1/s1. The van der Waals surface area contributed by atoms with Gasteiger partial charge in [-0.2, -0.15) is 0 Å². The zero-order chi connectivity index (χ0) is 47.2. The van der Waals surface area contributed by atoms with Crippen LogP contribution in [0.2, 0.25) is 5.02 Å². The molecule has 1 aliphatic heterocycles. The fourth-order valence-corrected chi connectivity index (χ4v) is 9.76. The van der Waals surface area contributed by atoms with E-state index in [1.54, 1.807) is 38.1 Å². The second-order valence-corrected chi connectivity index (χ2v) is 18.8. The van der Waals surface area contributed by atoms with Crippen molar-refractivity contribution in [3.8, 4) is 22.8 Å². The number of imidazole rings is 1. The molecule has 4 aromatic carbocycles. The van der Waals surface area contributed by atoms with Gasteiger partial charge >= 0.3 is 0 Å². The largest absolute Gasteiger partial charge is 0.457 e. The summed E-state index contributed by atoms with van der Waals surface area (Å²) in [6.45, 7) is 3.96. The number of aromatic nitrogens is 2. The third-order valence-corrected chi connectivity index (χ3v) is 13.9. The molecule has 1 unspecified atom stereocenters. The summed E-state index contributed by atoms with van der Waals surface area (Å²) < 4.78 is 8.72. The van der Waals surface area contributed by atoms with Crippen molar-refractivity contribution in [3.63, 3.8) is 0 Å². The molecule has 2 aliphatic rings. The van der Waals surface area contributed by atoms with E-state index in [9.17, 15) is 14.7 Å². The summed E-state index contributed by atoms with van der Waals surface area (Å²) in [4.78, 5) is 68.8. The third kappa shape index (κ3) is 10.9. The topological polar surface area (TPSA) is 137 Å². The number of halogens is 1. The zero-order valence-corrected chi connectivity index (χ0v) is 39.9. The molecule has 6 atom stereocenters. The number of fused-ring (bicyclic) bond motifs is 1. The molecule has 348 valence electrons. The number of benzene rings is 4. The van der Waals surface area contributed by atoms with E-state index < -0.39 is 48.3 Å². The minimum absolute atomic E-state index is 0.0839. The Hall–Kier alpha value is -5.82. The Balaban J connectivity index is 1.23. The van der Waals surface area contributed by atoms with Gasteiger partial charge in [0.15, 0.2) is 0 Å². The fourth-order valence-electron chi connectivity index (χ4n) is 9.64. The molecular weight excluding hydrogens is 852 g/mol. The average molecular weight is 916 g/mol. The van der Waals surface area contributed by atoms with Crippen LogP contribution in [0, 0.1) is 17.8 Å². The van der Waals surface area contributed by atoms with E-state index in [1.807, 2.05) is 94.1 Å². The van der Waals surface area contributed by atoms with Gasteiger partial charge in [-0.25, -0.2) is 4.98 Å². The van der Waals surface area contributed by atoms with E-state index in [1.165, 1.54) is 4.90 Å². The number of nitrogens with one attached hydrogen (secondary N) is 1. The lowest BCUT2D eigenvalue weighted by Crippen LogP contribution is -2.56. The molecule has 1 aliphatic carbocycles. The van der Waals surface area contributed by atoms with Gasteiger partial charge in [-0.05, 0) is 122 Å². The number of hydrogen-bond acceptors (Lipinski definition) is 8. The molecule has 5 aromatic rings. The normalized spacial score (nSPS) is 22.1. The zero-order valence-electron chi connectivity index (χ0n) is 39.2. The summed E-state index contributed by atoms with van der Waals surface area (Å²) in [5.41, 5.74) is 6.84. The summed E-state index contributed by atoms with van der Waals surface area (Å²) in [6.07, 6.45) is 4.54. The van der Waals surface area contributed by atoms with E-state index in [4.69, 9.17) is 16.3 Å². The van der Waals surface area contributed by atoms with Gasteiger partial charge in [0.1, 0.15) is 29.1 Å². The lowest BCUT2D eigenvalue weighted by molar-refractivity contribution is -0.144. The number of carbonyl (C=O) groups is 4. The lowest BCUT2D eigenvalue weighted by atomic mass is 9.76. The first-order chi connectivity index (χ1) is 31.6. The molecule has 12 nitrogen and oxygen atoms in total. The number of hydrogen-bond donors (Lipinski definition) is 2. The highest BCUT2D eigenvalue weighted by Crippen LogP contribution is 2.42. The molecule has 1 saturated heterocycles. The first kappa shape index (κ1) is 48.1. The molecule has 1 fully saturated rings. The van der Waals surface area contributed by atoms with Crippen molar-refractivity contribution in [2.75, 3.05) is 41.3 Å². The Morgan fingerprint density at radius 2 is 1.59 bits per heavy atom. The third-order valence-electron chi connectivity index (χ3n) is 13.7. The number of carbonyl (C=O) groups excluding carboxylic acids is 4. The number of rotatable bonds is 12. The number of nitrogens with zero attached hydrogens (tertiary/aromatic N) is 5. The van der Waals surface area contributed by atoms with Crippen LogP contribution in [0.15, 0.2) is 97.2 Å². The van der Waals surface area contributed by atoms with Crippen LogP contribution in [0.5, 0.6) is 11.5 Å². The first-order valence-electron chi connectivity index (χ1n) is 23.0. The fraction of sp³-hybridized carbons (Fsp3) is 0.415. The molecular formula is C53H63ClN6O6. The van der Waals surface area contributed by atoms with Crippen molar-refractivity contribution in [1.29, 1.82) is 0 Å². The monoisotopic (exact) mass is 914 g/mol. The SMILES string of the molecule is CCc1ccc(CC2C(=O)C[C@@H]([C@@H]3CCc4ccccc43)C(=O)N(C)C[C@H](Cc3ccc(Cl)cc3)N(C)C(=O)[C@H](CO)NC(=O)[C@@H]2C)c(Oc2ccc(-c3cnc(CN(C)C)n3C)cc2)c1. The van der Waals surface area contributed by atoms with Gasteiger partial charge in [0, 0.05) is 56.5 Å². The molecule has 13 heteroatoms. The van der Waals surface area contributed by atoms with Crippen molar-refractivity contribution in [2.24, 2.45) is 24.8 Å². The number of likely N-dealkylation sites (N-methyl/N-ethyl adjacent to an activating group) is 2. The molecule has 0 bridgehead atoms. The molecule has 66 heavy (non-hydrogen) atoms. The van der Waals surface area contributed by atoms with Gasteiger partial charge in [0.25, 0.3) is 0 Å². The van der Waals surface area contributed by atoms with Gasteiger partial charge in [-0.3, -0.25) is 19.2 Å². The Kier molecular flexibility index (Phi) is 15.5. The van der Waals surface area contributed by atoms with Crippen molar-refractivity contribution < 1.29 is 29.0 Å². The lowest BCUT2D eigenvalue weighted by Gasteiger charge is -2.37. The maximum atomic E-state index is 15.2. The minimum Gasteiger partial charge on any atom is -0.457 e. The van der Waals surface area contributed by atoms with Crippen LogP contribution in [0.3, 0.4) is 0 Å². The second-order valence-electron chi connectivity index (χ2n) is 18.4. The number of ether oxygens (including phenoxy) is 1. The van der Waals surface area contributed by atoms with Crippen molar-refractivity contribution in [3.05, 3.63) is 136 Å². The van der Waals surface area contributed by atoms with E-state index in [2.05, 4.69) is 38.8 Å². The van der Waals surface area contributed by atoms with Crippen molar-refractivity contribution >= 4 is 35.1 Å². The van der Waals surface area contributed by atoms with E-state index >= 15 is 9.59 Å². The predicted molar refractivity (Wildman–Crippen MR) is 257 cm³/mol. The van der Waals surface area contributed by atoms with Crippen LogP contribution >= 0.6 is 11.6 Å². The molecule has 3 amide bonds. The highest BCUT2D eigenvalue weighted by Gasteiger charge is 2.42. The number of aliphatic hydroxyl groups excluding tert-OH is 1. The van der Waals surface area contributed by atoms with E-state index in [0.29, 0.717) is 35.9 Å². The summed E-state index contributed by atoms with van der Waals surface area (Å²) in [5, 5.41) is 14.0. The molecule has 0 radical (unpaired) electrons. The number of ketones is 1. The Labute approximate surface area is 393 Å². The molecule has 1 aromatic heterocycles. The van der Waals surface area contributed by atoms with E-state index in [-0.39, 0.29) is 37.0 Å². The quantitative estimate of drug-likeness (QED) is 0.133. The van der Waals surface area contributed by atoms with Crippen LogP contribution in [-0.4, -0.2) is 106 Å². The number of Topliss-reactive ketones (excluding diaryl/α,β-unsaturated/α-hetero) is 1. The number of aliphatic hydroxyl groups is 1. The predicted octanol–water partition coefficient (Wildman–Crippen LogP) is 7.28. The van der Waals surface area contributed by atoms with Crippen molar-refractivity contribution in [2.45, 2.75) is 76.9 Å². The van der Waals surface area contributed by atoms with Crippen molar-refractivity contribution in [1.82, 2.24) is 29.6 Å². The summed E-state index contributed by atoms with van der Waals surface area (Å²) >= 11 is 6.21. The van der Waals surface area contributed by atoms with Gasteiger partial charge < -0.3 is 34.4 Å². The highest BCUT2D eigenvalue weighted by atomic mass is 35.5. The molecule has 0 saturated carbocycles. The molecule has 2 heterocycles. The summed E-state index contributed by atoms with van der Waals surface area (Å²) in [5.74, 6) is -2.16. The summed E-state index contributed by atoms with van der Waals surface area (Å²) in [6, 6.07) is 27.4. The Morgan fingerprint density at radius 1 is 0.879 bits per heavy atom. The maximum Gasteiger partial charge on any atom is 0.247 e. The van der Waals surface area contributed by atoms with Gasteiger partial charge in [-0.1, -0.05) is 74.0 Å². The Bertz CT molecular complexity index is 2520. The molecule has 7 rings (SSSR count). The maximum absolute atomic E-state index is 15.2. The van der Waals surface area contributed by atoms with Gasteiger partial charge in [-0.15, -0.1) is 0 Å². The minimum atomic E-state index is -1.28. The van der Waals surface area contributed by atoms with Crippen LogP contribution in [0.1, 0.15) is 66.2 Å². The molecule has 0 spiro atoms. The van der Waals surface area contributed by atoms with Crippen LogP contribution in [-0.2, 0) is 58.5 Å². The van der Waals surface area contributed by atoms with Crippen LogP contribution in [0.4, 0.5) is 0 Å². The highest BCUT2D eigenvalue weighted by molar-refractivity contribution is 6.30. The first-order valence-corrected chi connectivity index (χ1v) is 23.4. The number of amides is 3. The Morgan fingerprint density at radius 3 is 2.29 bits per heavy atom. The summed E-state index contributed by atoms with van der Waals surface area (Å²) in [7, 11) is 9.40. The van der Waals surface area contributed by atoms with Gasteiger partial charge in [0.2, 0.25) is 17.7 Å². The van der Waals surface area contributed by atoms with Crippen LogP contribution in [0.25, 0.3) is 11.3 Å². The number of aryl methyl sites for hydroxylation is 2. The van der Waals surface area contributed by atoms with Crippen LogP contribution < -0.4 is 10.1 Å². The van der Waals surface area contributed by atoms with Gasteiger partial charge in [0.05, 0.1) is 37.0 Å².